The van der Waals surface area contributed by atoms with Crippen molar-refractivity contribution in [2.24, 2.45) is 0 Å². The molecule has 0 heterocycles. The van der Waals surface area contributed by atoms with Crippen molar-refractivity contribution in [1.82, 2.24) is 0 Å². The quantitative estimate of drug-likeness (QED) is 0.219. The number of carbonyl (C=O) groups excluding carboxylic acids is 2. The smallest absolute Gasteiger partial charge is 0.319 e. The number of unbranched alkanes of at least 4 members (excludes halogenated alkanes) is 10. The minimum Gasteiger partial charge on any atom is -0.469 e. The predicted octanol–water partition coefficient (Wildman–Crippen LogP) is 5.17. The first kappa shape index (κ1) is 22.4. The number of rotatable bonds is 15. The van der Waals surface area contributed by atoms with E-state index in [9.17, 15) is 9.59 Å². The number of carbonyl (C=O) groups is 2. The van der Waals surface area contributed by atoms with Crippen LogP contribution in [-0.2, 0) is 19.1 Å². The molecule has 0 rings (SSSR count). The molecule has 0 amide bonds. The third kappa shape index (κ3) is 14.7. The van der Waals surface area contributed by atoms with Crippen LogP contribution in [-0.4, -0.2) is 31.0 Å². The molecule has 0 aliphatic rings. The molecule has 4 nitrogen and oxygen atoms in total. The van der Waals surface area contributed by atoms with E-state index in [1.165, 1.54) is 65.6 Å². The largest absolute Gasteiger partial charge is 0.469 e. The van der Waals surface area contributed by atoms with Gasteiger partial charge in [-0.1, -0.05) is 80.1 Å². The molecule has 0 aliphatic carbocycles. The zero-order valence-corrected chi connectivity index (χ0v) is 16.4. The molecule has 0 fully saturated rings. The summed E-state index contributed by atoms with van der Waals surface area (Å²) in [6, 6.07) is 0. The van der Waals surface area contributed by atoms with Crippen molar-refractivity contribution in [1.29, 1.82) is 0 Å². The molecule has 0 aromatic heterocycles. The van der Waals surface area contributed by atoms with Gasteiger partial charge in [0.1, 0.15) is 4.83 Å². The maximum absolute atomic E-state index is 11.2. The summed E-state index contributed by atoms with van der Waals surface area (Å²) >= 11 is 3.34. The van der Waals surface area contributed by atoms with Gasteiger partial charge in [-0.05, 0) is 12.8 Å². The lowest BCUT2D eigenvalue weighted by atomic mass is 10.0. The van der Waals surface area contributed by atoms with Gasteiger partial charge in [0.25, 0.3) is 0 Å². The van der Waals surface area contributed by atoms with Gasteiger partial charge in [0.2, 0.25) is 0 Å². The first-order chi connectivity index (χ1) is 11.1. The van der Waals surface area contributed by atoms with E-state index in [1.54, 1.807) is 0 Å². The van der Waals surface area contributed by atoms with Crippen LogP contribution in [0.4, 0.5) is 0 Å². The highest BCUT2D eigenvalue weighted by atomic mass is 79.9. The van der Waals surface area contributed by atoms with Crippen molar-refractivity contribution < 1.29 is 19.1 Å². The van der Waals surface area contributed by atoms with E-state index >= 15 is 0 Å². The average Bonchev–Trinajstić information content (AvgIpc) is 2.57. The Bertz CT molecular complexity index is 307. The normalized spacial score (nSPS) is 12.0. The highest BCUT2D eigenvalue weighted by Crippen LogP contribution is 2.15. The standard InChI is InChI=1S/C18H33BrO4/c1-22-17(20)15-13-11-9-7-5-3-4-6-8-10-12-14-16(19)18(21)23-2/h16H,3-15H2,1-2H3/t16-/m0/s1. The van der Waals surface area contributed by atoms with Crippen molar-refractivity contribution in [3.63, 3.8) is 0 Å². The number of methoxy groups -OCH3 is 2. The fourth-order valence-corrected chi connectivity index (χ4v) is 3.04. The molecule has 1 atom stereocenters. The monoisotopic (exact) mass is 392 g/mol. The molecule has 0 aromatic rings. The van der Waals surface area contributed by atoms with Gasteiger partial charge < -0.3 is 9.47 Å². The Kier molecular flexibility index (Phi) is 15.9. The lowest BCUT2D eigenvalue weighted by Crippen LogP contribution is -2.15. The van der Waals surface area contributed by atoms with Gasteiger partial charge in [0, 0.05) is 6.42 Å². The van der Waals surface area contributed by atoms with Gasteiger partial charge in [0.15, 0.2) is 0 Å². The van der Waals surface area contributed by atoms with Crippen LogP contribution in [0.5, 0.6) is 0 Å². The molecule has 0 bridgehead atoms. The number of halogens is 1. The molecule has 0 unspecified atom stereocenters. The van der Waals surface area contributed by atoms with Crippen molar-refractivity contribution in [3.05, 3.63) is 0 Å². The second-order valence-corrected chi connectivity index (χ2v) is 7.10. The van der Waals surface area contributed by atoms with Crippen LogP contribution >= 0.6 is 15.9 Å². The lowest BCUT2D eigenvalue weighted by molar-refractivity contribution is -0.141. The van der Waals surface area contributed by atoms with Crippen molar-refractivity contribution in [2.45, 2.75) is 88.3 Å². The van der Waals surface area contributed by atoms with Crippen LogP contribution in [0, 0.1) is 0 Å². The topological polar surface area (TPSA) is 52.6 Å². The lowest BCUT2D eigenvalue weighted by Gasteiger charge is -2.07. The van der Waals surface area contributed by atoms with Crippen LogP contribution in [0.15, 0.2) is 0 Å². The summed E-state index contributed by atoms with van der Waals surface area (Å²) in [4.78, 5) is 22.0. The van der Waals surface area contributed by atoms with Gasteiger partial charge in [-0.25, -0.2) is 0 Å². The molecular weight excluding hydrogens is 360 g/mol. The van der Waals surface area contributed by atoms with E-state index in [1.807, 2.05) is 0 Å². The average molecular weight is 393 g/mol. The van der Waals surface area contributed by atoms with E-state index in [0.717, 1.165) is 25.7 Å². The SMILES string of the molecule is COC(=O)CCCCCCCCCCCCC[C@H](Br)C(=O)OC. The maximum Gasteiger partial charge on any atom is 0.319 e. The summed E-state index contributed by atoms with van der Waals surface area (Å²) in [6.07, 6.45) is 14.7. The van der Waals surface area contributed by atoms with Crippen LogP contribution in [0.3, 0.4) is 0 Å². The molecule has 0 radical (unpaired) electrons. The summed E-state index contributed by atoms with van der Waals surface area (Å²) in [5, 5.41) is 0. The summed E-state index contributed by atoms with van der Waals surface area (Å²) in [7, 11) is 2.87. The molecule has 5 heteroatoms. The number of hydrogen-bond donors (Lipinski definition) is 0. The third-order valence-corrected chi connectivity index (χ3v) is 4.85. The van der Waals surface area contributed by atoms with Gasteiger partial charge >= 0.3 is 11.9 Å². The Morgan fingerprint density at radius 2 is 1.17 bits per heavy atom. The highest BCUT2D eigenvalue weighted by molar-refractivity contribution is 9.10. The van der Waals surface area contributed by atoms with E-state index in [2.05, 4.69) is 25.4 Å². The summed E-state index contributed by atoms with van der Waals surface area (Å²) < 4.78 is 9.29. The van der Waals surface area contributed by atoms with Crippen molar-refractivity contribution in [3.8, 4) is 0 Å². The van der Waals surface area contributed by atoms with E-state index in [0.29, 0.717) is 6.42 Å². The molecule has 0 aromatic carbocycles. The Balaban J connectivity index is 3.16. The first-order valence-electron chi connectivity index (χ1n) is 8.90. The van der Waals surface area contributed by atoms with Crippen LogP contribution in [0.25, 0.3) is 0 Å². The molecule has 0 saturated heterocycles. The fraction of sp³-hybridized carbons (Fsp3) is 0.889. The molecule has 0 spiro atoms. The van der Waals surface area contributed by atoms with Crippen LogP contribution < -0.4 is 0 Å². The summed E-state index contributed by atoms with van der Waals surface area (Å²) in [5.41, 5.74) is 0. The predicted molar refractivity (Wildman–Crippen MR) is 96.8 cm³/mol. The Labute approximate surface area is 149 Å². The zero-order valence-electron chi connectivity index (χ0n) is 14.8. The number of alkyl halides is 1. The van der Waals surface area contributed by atoms with Crippen molar-refractivity contribution >= 4 is 27.9 Å². The van der Waals surface area contributed by atoms with Crippen LogP contribution in [0.2, 0.25) is 0 Å². The Morgan fingerprint density at radius 1 is 0.739 bits per heavy atom. The van der Waals surface area contributed by atoms with E-state index in [-0.39, 0.29) is 16.8 Å². The minimum atomic E-state index is -0.170. The third-order valence-electron chi connectivity index (χ3n) is 4.02. The maximum atomic E-state index is 11.2. The Hall–Kier alpha value is -0.580. The van der Waals surface area contributed by atoms with E-state index in [4.69, 9.17) is 0 Å². The van der Waals surface area contributed by atoms with E-state index < -0.39 is 0 Å². The minimum absolute atomic E-state index is 0.0946. The fourth-order valence-electron chi connectivity index (χ4n) is 2.53. The summed E-state index contributed by atoms with van der Waals surface area (Å²) in [6.45, 7) is 0. The van der Waals surface area contributed by atoms with Crippen molar-refractivity contribution in [2.75, 3.05) is 14.2 Å². The first-order valence-corrected chi connectivity index (χ1v) is 9.82. The van der Waals surface area contributed by atoms with Gasteiger partial charge in [-0.2, -0.15) is 0 Å². The zero-order chi connectivity index (χ0) is 17.3. The number of hydrogen-bond acceptors (Lipinski definition) is 4. The molecule has 0 aliphatic heterocycles. The molecule has 0 N–H and O–H groups in total. The molecule has 23 heavy (non-hydrogen) atoms. The highest BCUT2D eigenvalue weighted by Gasteiger charge is 2.13. The van der Waals surface area contributed by atoms with Gasteiger partial charge in [0.05, 0.1) is 14.2 Å². The summed E-state index contributed by atoms with van der Waals surface area (Å²) in [5.74, 6) is -0.264. The Morgan fingerprint density at radius 3 is 1.61 bits per heavy atom. The van der Waals surface area contributed by atoms with Gasteiger partial charge in [-0.3, -0.25) is 9.59 Å². The van der Waals surface area contributed by atoms with Gasteiger partial charge in [-0.15, -0.1) is 0 Å². The number of ether oxygens (including phenoxy) is 2. The van der Waals surface area contributed by atoms with Crippen LogP contribution in [0.1, 0.15) is 83.5 Å². The molecule has 136 valence electrons. The second-order valence-electron chi connectivity index (χ2n) is 5.99. The molecular formula is C18H33BrO4. The molecule has 0 saturated carbocycles. The number of esters is 2. The second kappa shape index (κ2) is 16.3.